The smallest absolute Gasteiger partial charge is 0.0592 e. The van der Waals surface area contributed by atoms with Crippen molar-refractivity contribution < 1.29 is 14.9 Å². The lowest BCUT2D eigenvalue weighted by atomic mass is 9.62. The van der Waals surface area contributed by atoms with Crippen LogP contribution in [0, 0.1) is 23.2 Å². The van der Waals surface area contributed by atoms with Gasteiger partial charge in [-0.25, -0.2) is 0 Å². The summed E-state index contributed by atoms with van der Waals surface area (Å²) in [6.07, 6.45) is 7.48. The highest BCUT2D eigenvalue weighted by molar-refractivity contribution is 5.01. The van der Waals surface area contributed by atoms with Crippen LogP contribution in [0.3, 0.4) is 0 Å². The van der Waals surface area contributed by atoms with Crippen LogP contribution in [0.5, 0.6) is 0 Å². The van der Waals surface area contributed by atoms with Crippen molar-refractivity contribution in [3.8, 4) is 0 Å². The van der Waals surface area contributed by atoms with E-state index in [1.807, 2.05) is 13.8 Å². The van der Waals surface area contributed by atoms with Crippen LogP contribution < -0.4 is 0 Å². The number of ether oxygens (including phenoxy) is 1. The summed E-state index contributed by atoms with van der Waals surface area (Å²) < 4.78 is 5.88. The molecule has 0 spiro atoms. The zero-order valence-corrected chi connectivity index (χ0v) is 15.0. The van der Waals surface area contributed by atoms with Crippen LogP contribution in [0.2, 0.25) is 0 Å². The average molecular weight is 312 g/mol. The fourth-order valence-corrected chi connectivity index (χ4v) is 5.12. The average Bonchev–Trinajstić information content (AvgIpc) is 2.75. The first-order valence-electron chi connectivity index (χ1n) is 9.22. The summed E-state index contributed by atoms with van der Waals surface area (Å²) in [5.41, 5.74) is -0.271. The molecule has 3 nitrogen and oxygen atoms in total. The van der Waals surface area contributed by atoms with E-state index in [2.05, 4.69) is 13.8 Å². The van der Waals surface area contributed by atoms with Crippen molar-refractivity contribution in [1.29, 1.82) is 0 Å². The second-order valence-corrected chi connectivity index (χ2v) is 8.72. The van der Waals surface area contributed by atoms with Gasteiger partial charge >= 0.3 is 0 Å². The minimum Gasteiger partial charge on any atom is -0.393 e. The lowest BCUT2D eigenvalue weighted by molar-refractivity contribution is -0.0383. The normalized spacial score (nSPS) is 37.1. The highest BCUT2D eigenvalue weighted by Crippen LogP contribution is 2.57. The number of aliphatic hydroxyl groups is 2. The van der Waals surface area contributed by atoms with Crippen LogP contribution in [0.15, 0.2) is 0 Å². The van der Waals surface area contributed by atoms with Crippen LogP contribution in [-0.2, 0) is 4.74 Å². The van der Waals surface area contributed by atoms with Crippen molar-refractivity contribution in [2.75, 3.05) is 13.2 Å². The Kier molecular flexibility index (Phi) is 5.95. The fourth-order valence-electron chi connectivity index (χ4n) is 5.12. The minimum absolute atomic E-state index is 0.0800. The van der Waals surface area contributed by atoms with E-state index in [1.54, 1.807) is 0 Å². The molecule has 2 N–H and O–H groups in total. The van der Waals surface area contributed by atoms with Crippen LogP contribution in [0.4, 0.5) is 0 Å². The van der Waals surface area contributed by atoms with Gasteiger partial charge in [0.25, 0.3) is 0 Å². The molecule has 2 fully saturated rings. The maximum absolute atomic E-state index is 10.3. The van der Waals surface area contributed by atoms with Gasteiger partial charge in [0.15, 0.2) is 0 Å². The Bertz CT molecular complexity index is 349. The van der Waals surface area contributed by atoms with Crippen molar-refractivity contribution in [3.63, 3.8) is 0 Å². The summed E-state index contributed by atoms with van der Waals surface area (Å²) in [6, 6.07) is 0. The molecule has 2 aliphatic carbocycles. The van der Waals surface area contributed by atoms with Gasteiger partial charge in [-0.3, -0.25) is 0 Å². The Balaban J connectivity index is 1.77. The number of hydrogen-bond donors (Lipinski definition) is 2. The van der Waals surface area contributed by atoms with Crippen LogP contribution in [0.1, 0.15) is 72.6 Å². The summed E-state index contributed by atoms with van der Waals surface area (Å²) >= 11 is 0. The minimum atomic E-state index is -0.584. The second-order valence-electron chi connectivity index (χ2n) is 8.72. The predicted molar refractivity (Wildman–Crippen MR) is 89.7 cm³/mol. The molecule has 2 rings (SSSR count). The molecule has 3 heteroatoms. The van der Waals surface area contributed by atoms with Crippen LogP contribution in [-0.4, -0.2) is 35.1 Å². The molecule has 22 heavy (non-hydrogen) atoms. The summed E-state index contributed by atoms with van der Waals surface area (Å²) in [5, 5.41) is 20.0. The van der Waals surface area contributed by atoms with Gasteiger partial charge in [-0.05, 0) is 75.5 Å². The van der Waals surface area contributed by atoms with Gasteiger partial charge in [-0.1, -0.05) is 20.3 Å². The van der Waals surface area contributed by atoms with Gasteiger partial charge in [0, 0.05) is 13.2 Å². The molecule has 2 aliphatic rings. The van der Waals surface area contributed by atoms with E-state index in [4.69, 9.17) is 4.74 Å². The summed E-state index contributed by atoms with van der Waals surface area (Å²) in [7, 11) is 0. The molecule has 0 bridgehead atoms. The molecule has 5 atom stereocenters. The SMILES string of the molecule is C[C@@H](COCCCC(C)(C)O)[C@H]1CC[C@H]2[C@@H](O)CCC[C@]12C. The largest absolute Gasteiger partial charge is 0.393 e. The van der Waals surface area contributed by atoms with Crippen molar-refractivity contribution >= 4 is 0 Å². The zero-order valence-electron chi connectivity index (χ0n) is 15.0. The van der Waals surface area contributed by atoms with Gasteiger partial charge in [-0.15, -0.1) is 0 Å². The monoisotopic (exact) mass is 312 g/mol. The van der Waals surface area contributed by atoms with Crippen LogP contribution in [0.25, 0.3) is 0 Å². The van der Waals surface area contributed by atoms with Crippen molar-refractivity contribution in [2.24, 2.45) is 23.2 Å². The number of rotatable bonds is 7. The third-order valence-electron chi connectivity index (χ3n) is 6.31. The third kappa shape index (κ3) is 4.24. The number of aliphatic hydroxyl groups excluding tert-OH is 1. The molecule has 0 aromatic rings. The van der Waals surface area contributed by atoms with Gasteiger partial charge in [0.1, 0.15) is 0 Å². The van der Waals surface area contributed by atoms with Gasteiger partial charge in [0.2, 0.25) is 0 Å². The Hall–Kier alpha value is -0.120. The van der Waals surface area contributed by atoms with E-state index in [0.717, 1.165) is 32.5 Å². The predicted octanol–water partition coefficient (Wildman–Crippen LogP) is 3.77. The fraction of sp³-hybridized carbons (Fsp3) is 1.00. The molecule has 0 unspecified atom stereocenters. The lowest BCUT2D eigenvalue weighted by Gasteiger charge is -2.45. The van der Waals surface area contributed by atoms with Gasteiger partial charge < -0.3 is 14.9 Å². The third-order valence-corrected chi connectivity index (χ3v) is 6.31. The Morgan fingerprint density at radius 3 is 2.68 bits per heavy atom. The van der Waals surface area contributed by atoms with E-state index in [-0.39, 0.29) is 6.10 Å². The first-order chi connectivity index (χ1) is 10.2. The standard InChI is InChI=1S/C19H36O3/c1-14(13-22-12-6-10-18(2,3)21)15-8-9-16-17(20)7-5-11-19(15,16)4/h14-17,20-21H,5-13H2,1-4H3/t14-,15+,16-,17-,19+/m0/s1. The first kappa shape index (κ1) is 18.2. The summed E-state index contributed by atoms with van der Waals surface area (Å²) in [6.45, 7) is 9.98. The van der Waals surface area contributed by atoms with E-state index < -0.39 is 5.60 Å². The zero-order chi connectivity index (χ0) is 16.4. The molecule has 130 valence electrons. The van der Waals surface area contributed by atoms with E-state index in [1.165, 1.54) is 25.7 Å². The maximum Gasteiger partial charge on any atom is 0.0592 e. The lowest BCUT2D eigenvalue weighted by Crippen LogP contribution is -2.42. The Morgan fingerprint density at radius 2 is 2.00 bits per heavy atom. The molecule has 0 heterocycles. The molecule has 0 aromatic carbocycles. The highest BCUT2D eigenvalue weighted by atomic mass is 16.5. The van der Waals surface area contributed by atoms with Crippen molar-refractivity contribution in [3.05, 3.63) is 0 Å². The molecule has 0 saturated heterocycles. The van der Waals surface area contributed by atoms with E-state index >= 15 is 0 Å². The topological polar surface area (TPSA) is 49.7 Å². The number of fused-ring (bicyclic) bond motifs is 1. The molecule has 0 amide bonds. The summed E-state index contributed by atoms with van der Waals surface area (Å²) in [5.74, 6) is 1.74. The van der Waals surface area contributed by atoms with E-state index in [0.29, 0.717) is 23.2 Å². The Morgan fingerprint density at radius 1 is 1.27 bits per heavy atom. The molecule has 0 aliphatic heterocycles. The molecular formula is C19H36O3. The molecule has 2 saturated carbocycles. The van der Waals surface area contributed by atoms with Crippen molar-refractivity contribution in [2.45, 2.75) is 84.3 Å². The maximum atomic E-state index is 10.3. The molecule has 0 aromatic heterocycles. The highest BCUT2D eigenvalue weighted by Gasteiger charge is 2.52. The van der Waals surface area contributed by atoms with Gasteiger partial charge in [0.05, 0.1) is 11.7 Å². The van der Waals surface area contributed by atoms with Gasteiger partial charge in [-0.2, -0.15) is 0 Å². The van der Waals surface area contributed by atoms with Crippen molar-refractivity contribution in [1.82, 2.24) is 0 Å². The Labute approximate surface area is 136 Å². The molecular weight excluding hydrogens is 276 g/mol. The first-order valence-corrected chi connectivity index (χ1v) is 9.22. The quantitative estimate of drug-likeness (QED) is 0.704. The summed E-state index contributed by atoms with van der Waals surface area (Å²) in [4.78, 5) is 0. The second kappa shape index (κ2) is 7.19. The van der Waals surface area contributed by atoms with Crippen LogP contribution >= 0.6 is 0 Å². The number of hydrogen-bond acceptors (Lipinski definition) is 3. The molecule has 0 radical (unpaired) electrons. The van der Waals surface area contributed by atoms with E-state index in [9.17, 15) is 10.2 Å².